The van der Waals surface area contributed by atoms with Gasteiger partial charge in [-0.1, -0.05) is 0 Å². The molecule has 1 fully saturated rings. The maximum atomic E-state index is 13.1. The van der Waals surface area contributed by atoms with Gasteiger partial charge in [0.05, 0.1) is 43.9 Å². The molecule has 1 aromatic carbocycles. The molecule has 1 amide bonds. The van der Waals surface area contributed by atoms with Gasteiger partial charge < -0.3 is 19.5 Å². The van der Waals surface area contributed by atoms with Gasteiger partial charge in [0.1, 0.15) is 5.82 Å². The van der Waals surface area contributed by atoms with Crippen LogP contribution < -0.4 is 25.1 Å². The summed E-state index contributed by atoms with van der Waals surface area (Å²) in [6, 6.07) is 3.82. The van der Waals surface area contributed by atoms with Gasteiger partial charge in [0, 0.05) is 5.56 Å². The number of ether oxygens (including phenoxy) is 3. The molecule has 2 N–H and O–H groups in total. The molecule has 8 nitrogen and oxygen atoms in total. The molecule has 0 spiro atoms. The molecule has 3 heterocycles. The molecule has 1 atom stereocenters. The Labute approximate surface area is 183 Å². The fraction of sp³-hybridized carbons (Fsp3) is 0.500. The number of fused-ring (bicyclic) bond motifs is 1. The number of nitrogens with one attached hydrogen (secondary N) is 2. The number of amides is 1. The third kappa shape index (κ3) is 3.66. The monoisotopic (exact) mass is 451 g/mol. The van der Waals surface area contributed by atoms with Crippen LogP contribution in [0.25, 0.3) is 0 Å². The number of carbonyl (C=O) groups is 1. The largest absolute Gasteiger partial charge is 0.493 e. The van der Waals surface area contributed by atoms with Crippen LogP contribution in [0.3, 0.4) is 0 Å². The maximum absolute atomic E-state index is 13.1. The Morgan fingerprint density at radius 2 is 1.77 bits per heavy atom. The molecule has 1 saturated heterocycles. The molecule has 2 aliphatic rings. The quantitative estimate of drug-likeness (QED) is 0.721. The highest BCUT2D eigenvalue weighted by atomic mass is 32.2. The van der Waals surface area contributed by atoms with E-state index < -0.39 is 5.25 Å². The van der Waals surface area contributed by atoms with Gasteiger partial charge in [-0.25, -0.2) is 0 Å². The molecule has 4 rings (SSSR count). The second-order valence-electron chi connectivity index (χ2n) is 7.08. The van der Waals surface area contributed by atoms with Gasteiger partial charge in [0.2, 0.25) is 11.7 Å². The van der Waals surface area contributed by atoms with E-state index in [1.54, 1.807) is 27.4 Å². The van der Waals surface area contributed by atoms with Crippen LogP contribution in [0.5, 0.6) is 17.2 Å². The third-order valence-electron chi connectivity index (χ3n) is 5.44. The fourth-order valence-corrected chi connectivity index (χ4v) is 6.26. The van der Waals surface area contributed by atoms with E-state index in [0.717, 1.165) is 29.9 Å². The minimum atomic E-state index is -0.392. The number of methoxy groups -OCH3 is 3. The van der Waals surface area contributed by atoms with Crippen molar-refractivity contribution >= 4 is 35.2 Å². The Morgan fingerprint density at radius 3 is 2.43 bits per heavy atom. The summed E-state index contributed by atoms with van der Waals surface area (Å²) in [5.74, 6) is 4.24. The summed E-state index contributed by atoms with van der Waals surface area (Å²) in [4.78, 5) is 25.6. The predicted molar refractivity (Wildman–Crippen MR) is 120 cm³/mol. The summed E-state index contributed by atoms with van der Waals surface area (Å²) in [6.07, 6.45) is 1.91. The first-order chi connectivity index (χ1) is 14.6. The van der Waals surface area contributed by atoms with Gasteiger partial charge in [-0.15, -0.1) is 11.8 Å². The van der Waals surface area contributed by atoms with Gasteiger partial charge >= 0.3 is 0 Å². The lowest BCUT2D eigenvalue weighted by atomic mass is 10.0. The molecule has 1 unspecified atom stereocenters. The predicted octanol–water partition coefficient (Wildman–Crippen LogP) is 3.05. The molecule has 2 aromatic rings. The number of thioether (sulfide) groups is 2. The first kappa shape index (κ1) is 21.0. The second-order valence-corrected chi connectivity index (χ2v) is 9.40. The summed E-state index contributed by atoms with van der Waals surface area (Å²) in [7, 11) is 4.66. The van der Waals surface area contributed by atoms with Crippen molar-refractivity contribution in [2.75, 3.05) is 43.9 Å². The Hall–Kier alpha value is -2.20. The van der Waals surface area contributed by atoms with Crippen LogP contribution in [0, 0.1) is 0 Å². The summed E-state index contributed by atoms with van der Waals surface area (Å²) in [5.41, 5.74) is 1.11. The Balaban J connectivity index is 1.87. The number of nitrogens with zero attached hydrogens (tertiary/aromatic N) is 1. The van der Waals surface area contributed by atoms with Crippen LogP contribution in [0.2, 0.25) is 0 Å². The lowest BCUT2D eigenvalue weighted by molar-refractivity contribution is -0.113. The van der Waals surface area contributed by atoms with E-state index in [9.17, 15) is 9.59 Å². The van der Waals surface area contributed by atoms with Crippen LogP contribution in [-0.4, -0.2) is 54.3 Å². The molecule has 0 radical (unpaired) electrons. The molecule has 30 heavy (non-hydrogen) atoms. The zero-order valence-corrected chi connectivity index (χ0v) is 18.8. The van der Waals surface area contributed by atoms with E-state index in [-0.39, 0.29) is 23.3 Å². The molecule has 10 heteroatoms. The summed E-state index contributed by atoms with van der Waals surface area (Å²) < 4.78 is 18.4. The number of aromatic nitrogens is 2. The number of carbonyl (C=O) groups excluding carboxylic acids is 1. The van der Waals surface area contributed by atoms with Gasteiger partial charge in [-0.2, -0.15) is 11.8 Å². The van der Waals surface area contributed by atoms with Crippen molar-refractivity contribution in [2.45, 2.75) is 24.1 Å². The van der Waals surface area contributed by atoms with Crippen LogP contribution in [0.1, 0.15) is 35.3 Å². The lowest BCUT2D eigenvalue weighted by Gasteiger charge is -2.24. The Kier molecular flexibility index (Phi) is 6.24. The van der Waals surface area contributed by atoms with Crippen LogP contribution >= 0.6 is 23.5 Å². The third-order valence-corrected chi connectivity index (χ3v) is 7.74. The number of H-pyrrole nitrogens is 1. The molecular weight excluding hydrogens is 426 g/mol. The highest BCUT2D eigenvalue weighted by Gasteiger charge is 2.35. The van der Waals surface area contributed by atoms with Crippen molar-refractivity contribution in [3.05, 3.63) is 33.6 Å². The van der Waals surface area contributed by atoms with Crippen molar-refractivity contribution in [2.24, 2.45) is 0 Å². The average Bonchev–Trinajstić information content (AvgIpc) is 2.98. The summed E-state index contributed by atoms with van der Waals surface area (Å²) in [6.45, 7) is 0. The number of rotatable bonds is 5. The van der Waals surface area contributed by atoms with E-state index in [2.05, 4.69) is 10.4 Å². The number of aromatic amines is 1. The molecule has 2 aliphatic heterocycles. The first-order valence-electron chi connectivity index (χ1n) is 9.71. The summed E-state index contributed by atoms with van der Waals surface area (Å²) >= 11 is 3.31. The molecule has 0 saturated carbocycles. The average molecular weight is 452 g/mol. The topological polar surface area (TPSA) is 94.6 Å². The van der Waals surface area contributed by atoms with Crippen molar-refractivity contribution in [3.8, 4) is 17.2 Å². The van der Waals surface area contributed by atoms with Crippen molar-refractivity contribution in [3.63, 3.8) is 0 Å². The SMILES string of the molecule is COc1ccc(C2SCC(=O)Nc3c2c(=O)[nH]n3C2CCSCC2)c(OC)c1OC. The Morgan fingerprint density at radius 1 is 1.03 bits per heavy atom. The first-order valence-corrected chi connectivity index (χ1v) is 11.9. The van der Waals surface area contributed by atoms with E-state index in [1.165, 1.54) is 11.8 Å². The normalized spacial score (nSPS) is 19.6. The van der Waals surface area contributed by atoms with Crippen molar-refractivity contribution < 1.29 is 19.0 Å². The highest BCUT2D eigenvalue weighted by Crippen LogP contribution is 2.49. The number of hydrogen-bond acceptors (Lipinski definition) is 7. The molecule has 162 valence electrons. The van der Waals surface area contributed by atoms with Crippen LogP contribution in [0.4, 0.5) is 5.82 Å². The maximum Gasteiger partial charge on any atom is 0.270 e. The number of anilines is 1. The van der Waals surface area contributed by atoms with Gasteiger partial charge in [0.15, 0.2) is 11.5 Å². The Bertz CT molecular complexity index is 997. The number of benzene rings is 1. The van der Waals surface area contributed by atoms with Gasteiger partial charge in [0.25, 0.3) is 5.56 Å². The molecule has 0 bridgehead atoms. The summed E-state index contributed by atoms with van der Waals surface area (Å²) in [5, 5.41) is 5.56. The van der Waals surface area contributed by atoms with Gasteiger partial charge in [-0.3, -0.25) is 19.4 Å². The standard InChI is InChI=1S/C20H25N3O5S2/c1-26-13-5-4-12(16(27-2)17(13)28-3)18-15-19(21-14(24)10-30-18)23(22-20(15)25)11-6-8-29-9-7-11/h4-5,11,18H,6-10H2,1-3H3,(H,21,24)(H,22,25). The molecular formula is C20H25N3O5S2. The zero-order chi connectivity index (χ0) is 21.3. The minimum absolute atomic E-state index is 0.124. The van der Waals surface area contributed by atoms with E-state index >= 15 is 0 Å². The van der Waals surface area contributed by atoms with Crippen LogP contribution in [-0.2, 0) is 4.79 Å². The smallest absolute Gasteiger partial charge is 0.270 e. The van der Waals surface area contributed by atoms with Crippen LogP contribution in [0.15, 0.2) is 16.9 Å². The van der Waals surface area contributed by atoms with E-state index in [0.29, 0.717) is 28.6 Å². The fourth-order valence-electron chi connectivity index (χ4n) is 4.04. The number of hydrogen-bond donors (Lipinski definition) is 2. The minimum Gasteiger partial charge on any atom is -0.493 e. The van der Waals surface area contributed by atoms with E-state index in [4.69, 9.17) is 14.2 Å². The van der Waals surface area contributed by atoms with Crippen molar-refractivity contribution in [1.82, 2.24) is 9.78 Å². The van der Waals surface area contributed by atoms with E-state index in [1.807, 2.05) is 22.5 Å². The van der Waals surface area contributed by atoms with Crippen molar-refractivity contribution in [1.29, 1.82) is 0 Å². The molecule has 1 aromatic heterocycles. The highest BCUT2D eigenvalue weighted by molar-refractivity contribution is 8.00. The molecule has 0 aliphatic carbocycles. The lowest BCUT2D eigenvalue weighted by Crippen LogP contribution is -2.22. The zero-order valence-electron chi connectivity index (χ0n) is 17.1. The second kappa shape index (κ2) is 8.89. The van der Waals surface area contributed by atoms with Gasteiger partial charge in [-0.05, 0) is 36.5 Å².